The number of hydrogen-bond acceptors (Lipinski definition) is 4. The third-order valence-corrected chi connectivity index (χ3v) is 3.48. The second kappa shape index (κ2) is 6.33. The van der Waals surface area contributed by atoms with Crippen molar-refractivity contribution in [1.82, 2.24) is 4.98 Å². The molecule has 0 atom stereocenters. The second-order valence-corrected chi connectivity index (χ2v) is 5.06. The third-order valence-electron chi connectivity index (χ3n) is 2.75. The summed E-state index contributed by atoms with van der Waals surface area (Å²) in [4.78, 5) is 18.1. The highest BCUT2D eigenvalue weighted by Gasteiger charge is 2.13. The Kier molecular flexibility index (Phi) is 4.52. The number of aryl methyl sites for hydroxylation is 1. The Labute approximate surface area is 117 Å². The van der Waals surface area contributed by atoms with Crippen molar-refractivity contribution in [2.24, 2.45) is 0 Å². The van der Waals surface area contributed by atoms with E-state index in [0.29, 0.717) is 6.54 Å². The van der Waals surface area contributed by atoms with Crippen LogP contribution in [-0.4, -0.2) is 24.0 Å². The molecule has 0 bridgehead atoms. The predicted molar refractivity (Wildman–Crippen MR) is 79.8 cm³/mol. The van der Waals surface area contributed by atoms with Crippen molar-refractivity contribution in [1.29, 1.82) is 0 Å². The summed E-state index contributed by atoms with van der Waals surface area (Å²) >= 11 is 1.49. The van der Waals surface area contributed by atoms with Gasteiger partial charge in [-0.1, -0.05) is 12.1 Å². The van der Waals surface area contributed by atoms with E-state index in [1.54, 1.807) is 11.1 Å². The Morgan fingerprint density at radius 1 is 1.47 bits per heavy atom. The fourth-order valence-corrected chi connectivity index (χ4v) is 2.38. The first-order chi connectivity index (χ1) is 9.20. The smallest absolute Gasteiger partial charge is 0.246 e. The number of hydrogen-bond donors (Lipinski definition) is 1. The average molecular weight is 275 g/mol. The molecule has 5 heteroatoms. The summed E-state index contributed by atoms with van der Waals surface area (Å²) < 4.78 is 0. The number of likely N-dealkylation sites (N-methyl/N-ethyl adjacent to an activating group) is 1. The van der Waals surface area contributed by atoms with Crippen molar-refractivity contribution in [3.63, 3.8) is 0 Å². The normalized spacial score (nSPS) is 10.2. The van der Waals surface area contributed by atoms with Gasteiger partial charge in [0.25, 0.3) is 0 Å². The summed E-state index contributed by atoms with van der Waals surface area (Å²) in [6, 6.07) is 7.97. The highest BCUT2D eigenvalue weighted by molar-refractivity contribution is 7.13. The molecule has 0 unspecified atom stereocenters. The minimum atomic E-state index is 0.0447. The molecule has 1 amide bonds. The molecule has 0 fully saturated rings. The molecule has 0 saturated carbocycles. The molecule has 0 aliphatic carbocycles. The van der Waals surface area contributed by atoms with Crippen molar-refractivity contribution >= 4 is 28.1 Å². The van der Waals surface area contributed by atoms with E-state index < -0.39 is 0 Å². The van der Waals surface area contributed by atoms with Crippen LogP contribution >= 0.6 is 11.3 Å². The first kappa shape index (κ1) is 13.5. The van der Waals surface area contributed by atoms with E-state index in [1.807, 2.05) is 43.5 Å². The van der Waals surface area contributed by atoms with Crippen LogP contribution in [0.3, 0.4) is 0 Å². The van der Waals surface area contributed by atoms with Gasteiger partial charge in [0.2, 0.25) is 5.91 Å². The Morgan fingerprint density at radius 2 is 2.32 bits per heavy atom. The van der Waals surface area contributed by atoms with E-state index in [-0.39, 0.29) is 12.5 Å². The lowest BCUT2D eigenvalue weighted by Gasteiger charge is -2.21. The molecule has 1 heterocycles. The van der Waals surface area contributed by atoms with E-state index in [1.165, 1.54) is 11.3 Å². The molecular formula is C14H17N3OS. The van der Waals surface area contributed by atoms with Crippen LogP contribution in [0.2, 0.25) is 0 Å². The number of anilines is 2. The molecule has 1 N–H and O–H groups in total. The summed E-state index contributed by atoms with van der Waals surface area (Å²) in [5.74, 6) is 0.0447. The average Bonchev–Trinajstić information content (AvgIpc) is 2.90. The van der Waals surface area contributed by atoms with Crippen LogP contribution in [0.1, 0.15) is 12.5 Å². The van der Waals surface area contributed by atoms with Gasteiger partial charge < -0.3 is 10.2 Å². The fraction of sp³-hybridized carbons (Fsp3) is 0.286. The minimum Gasteiger partial charge on any atom is -0.352 e. The standard InChI is InChI=1S/C14H17N3OS/c1-3-17(12-6-4-5-11(2)9-12)13(18)10-16-14-15-7-8-19-14/h4-9H,3,10H2,1-2H3,(H,15,16). The topological polar surface area (TPSA) is 45.2 Å². The van der Waals surface area contributed by atoms with Crippen molar-refractivity contribution in [3.8, 4) is 0 Å². The lowest BCUT2D eigenvalue weighted by molar-refractivity contribution is -0.116. The zero-order valence-corrected chi connectivity index (χ0v) is 11.9. The van der Waals surface area contributed by atoms with E-state index in [9.17, 15) is 4.79 Å². The summed E-state index contributed by atoms with van der Waals surface area (Å²) in [6.07, 6.45) is 1.72. The number of nitrogens with zero attached hydrogens (tertiary/aromatic N) is 2. The third kappa shape index (κ3) is 3.54. The molecule has 0 aliphatic heterocycles. The van der Waals surface area contributed by atoms with Crippen LogP contribution in [-0.2, 0) is 4.79 Å². The highest BCUT2D eigenvalue weighted by Crippen LogP contribution is 2.16. The molecular weight excluding hydrogens is 258 g/mol. The predicted octanol–water partition coefficient (Wildman–Crippen LogP) is 2.92. The number of thiazole rings is 1. The Morgan fingerprint density at radius 3 is 2.95 bits per heavy atom. The summed E-state index contributed by atoms with van der Waals surface area (Å²) in [5.41, 5.74) is 2.09. The van der Waals surface area contributed by atoms with Crippen LogP contribution in [0.5, 0.6) is 0 Å². The zero-order valence-electron chi connectivity index (χ0n) is 11.1. The lowest BCUT2D eigenvalue weighted by atomic mass is 10.2. The van der Waals surface area contributed by atoms with Crippen molar-refractivity contribution < 1.29 is 4.79 Å². The van der Waals surface area contributed by atoms with Crippen LogP contribution < -0.4 is 10.2 Å². The number of amides is 1. The molecule has 0 aliphatic rings. The Hall–Kier alpha value is -1.88. The van der Waals surface area contributed by atoms with Crippen LogP contribution in [0.4, 0.5) is 10.8 Å². The Balaban J connectivity index is 2.02. The zero-order chi connectivity index (χ0) is 13.7. The molecule has 0 radical (unpaired) electrons. The Bertz CT molecular complexity index is 539. The molecule has 2 aromatic rings. The minimum absolute atomic E-state index is 0.0447. The summed E-state index contributed by atoms with van der Waals surface area (Å²) in [5, 5.41) is 5.69. The maximum Gasteiger partial charge on any atom is 0.246 e. The van der Waals surface area contributed by atoms with Gasteiger partial charge in [0.05, 0.1) is 6.54 Å². The molecule has 1 aromatic heterocycles. The molecule has 1 aromatic carbocycles. The summed E-state index contributed by atoms with van der Waals surface area (Å²) in [7, 11) is 0. The van der Waals surface area contributed by atoms with Gasteiger partial charge >= 0.3 is 0 Å². The van der Waals surface area contributed by atoms with E-state index >= 15 is 0 Å². The first-order valence-electron chi connectivity index (χ1n) is 6.21. The quantitative estimate of drug-likeness (QED) is 0.912. The molecule has 19 heavy (non-hydrogen) atoms. The van der Waals surface area contributed by atoms with Gasteiger partial charge in [0.1, 0.15) is 0 Å². The molecule has 2 rings (SSSR count). The maximum absolute atomic E-state index is 12.2. The van der Waals surface area contributed by atoms with Crippen LogP contribution in [0, 0.1) is 6.92 Å². The number of benzene rings is 1. The first-order valence-corrected chi connectivity index (χ1v) is 7.09. The number of carbonyl (C=O) groups is 1. The van der Waals surface area contributed by atoms with Gasteiger partial charge in [-0.15, -0.1) is 11.3 Å². The molecule has 0 spiro atoms. The van der Waals surface area contributed by atoms with E-state index in [2.05, 4.69) is 10.3 Å². The van der Waals surface area contributed by atoms with Crippen molar-refractivity contribution in [3.05, 3.63) is 41.4 Å². The molecule has 4 nitrogen and oxygen atoms in total. The van der Waals surface area contributed by atoms with Gasteiger partial charge in [-0.3, -0.25) is 4.79 Å². The highest BCUT2D eigenvalue weighted by atomic mass is 32.1. The summed E-state index contributed by atoms with van der Waals surface area (Å²) in [6.45, 7) is 4.91. The van der Waals surface area contributed by atoms with Gasteiger partial charge in [-0.2, -0.15) is 0 Å². The van der Waals surface area contributed by atoms with Crippen LogP contribution in [0.15, 0.2) is 35.8 Å². The molecule has 0 saturated heterocycles. The van der Waals surface area contributed by atoms with Crippen LogP contribution in [0.25, 0.3) is 0 Å². The van der Waals surface area contributed by atoms with Gasteiger partial charge in [-0.25, -0.2) is 4.98 Å². The lowest BCUT2D eigenvalue weighted by Crippen LogP contribution is -2.35. The molecule has 100 valence electrons. The second-order valence-electron chi connectivity index (χ2n) is 4.17. The monoisotopic (exact) mass is 275 g/mol. The maximum atomic E-state index is 12.2. The van der Waals surface area contributed by atoms with E-state index in [4.69, 9.17) is 0 Å². The van der Waals surface area contributed by atoms with Gasteiger partial charge in [0.15, 0.2) is 5.13 Å². The van der Waals surface area contributed by atoms with Gasteiger partial charge in [0, 0.05) is 23.8 Å². The fourth-order valence-electron chi connectivity index (χ4n) is 1.86. The number of carbonyl (C=O) groups excluding carboxylic acids is 1. The van der Waals surface area contributed by atoms with Crippen molar-refractivity contribution in [2.75, 3.05) is 23.3 Å². The number of rotatable bonds is 5. The van der Waals surface area contributed by atoms with Gasteiger partial charge in [-0.05, 0) is 31.5 Å². The largest absolute Gasteiger partial charge is 0.352 e. The number of nitrogens with one attached hydrogen (secondary N) is 1. The number of aromatic nitrogens is 1. The van der Waals surface area contributed by atoms with Crippen molar-refractivity contribution in [2.45, 2.75) is 13.8 Å². The van der Waals surface area contributed by atoms with E-state index in [0.717, 1.165) is 16.4 Å². The SMILES string of the molecule is CCN(C(=O)CNc1nccs1)c1cccc(C)c1.